The summed E-state index contributed by atoms with van der Waals surface area (Å²) in [6, 6.07) is 3.44. The second kappa shape index (κ2) is 17.9. The van der Waals surface area contributed by atoms with E-state index >= 15 is 0 Å². The van der Waals surface area contributed by atoms with Gasteiger partial charge in [-0.1, -0.05) is 23.7 Å². The number of nitrogens with zero attached hydrogens (tertiary/aromatic N) is 4. The van der Waals surface area contributed by atoms with E-state index in [-0.39, 0.29) is 64.9 Å². The van der Waals surface area contributed by atoms with Crippen LogP contribution in [0.2, 0.25) is 5.02 Å². The molecule has 0 bridgehead atoms. The van der Waals surface area contributed by atoms with E-state index in [0.717, 1.165) is 18.2 Å². The highest BCUT2D eigenvalue weighted by molar-refractivity contribution is 6.31. The first kappa shape index (κ1) is 44.8. The Morgan fingerprint density at radius 2 is 1.24 bits per heavy atom. The molecule has 0 unspecified atom stereocenters. The van der Waals surface area contributed by atoms with Gasteiger partial charge in [-0.15, -0.1) is 0 Å². The third-order valence-corrected chi connectivity index (χ3v) is 12.0. The van der Waals surface area contributed by atoms with Crippen LogP contribution in [0.3, 0.4) is 0 Å². The van der Waals surface area contributed by atoms with Gasteiger partial charge in [0.1, 0.15) is 39.4 Å². The number of nitrogens with one attached hydrogen (secondary N) is 2. The fourth-order valence-corrected chi connectivity index (χ4v) is 8.50. The van der Waals surface area contributed by atoms with E-state index in [1.54, 1.807) is 18.7 Å². The second-order valence-electron chi connectivity index (χ2n) is 15.1. The summed E-state index contributed by atoms with van der Waals surface area (Å²) in [5.41, 5.74) is -3.36. The van der Waals surface area contributed by atoms with Crippen LogP contribution in [-0.4, -0.2) is 98.0 Å². The fourth-order valence-electron chi connectivity index (χ4n) is 8.32. The molecule has 8 rings (SSSR count). The Morgan fingerprint density at radius 1 is 0.730 bits per heavy atom. The minimum atomic E-state index is -1.02. The molecule has 0 aliphatic carbocycles. The summed E-state index contributed by atoms with van der Waals surface area (Å²) in [5, 5.41) is 25.1. The molecule has 2 aromatic heterocycles. The molecule has 2 saturated heterocycles. The van der Waals surface area contributed by atoms with Crippen LogP contribution in [0.5, 0.6) is 11.5 Å². The third kappa shape index (κ3) is 7.90. The fraction of sp³-hybridized carbons (Fsp3) is 0.381. The molecule has 0 spiro atoms. The normalized spacial score (nSPS) is 19.9. The molecule has 4 atom stereocenters. The largest absolute Gasteiger partial charge is 0.503 e. The first-order valence-corrected chi connectivity index (χ1v) is 20.3. The van der Waals surface area contributed by atoms with Gasteiger partial charge in [-0.25, -0.2) is 17.6 Å². The molecule has 4 aromatic rings. The first-order valence-electron chi connectivity index (χ1n) is 19.9. The van der Waals surface area contributed by atoms with Crippen LogP contribution in [0.4, 0.5) is 17.6 Å². The number of likely N-dealkylation sites (N-methyl/N-ethyl adjacent to an activating group) is 2. The molecule has 16 nitrogen and oxygen atoms in total. The van der Waals surface area contributed by atoms with Crippen molar-refractivity contribution in [3.05, 3.63) is 125 Å². The molecular formula is C42H41ClF4N6O10. The van der Waals surface area contributed by atoms with Gasteiger partial charge >= 0.3 is 0 Å². The Labute approximate surface area is 360 Å². The Kier molecular flexibility index (Phi) is 12.7. The van der Waals surface area contributed by atoms with Crippen LogP contribution in [0, 0.1) is 30.2 Å². The zero-order valence-corrected chi connectivity index (χ0v) is 34.7. The van der Waals surface area contributed by atoms with Crippen molar-refractivity contribution in [1.29, 1.82) is 0 Å². The van der Waals surface area contributed by atoms with Gasteiger partial charge in [0, 0.05) is 61.9 Å². The first-order chi connectivity index (χ1) is 30.0. The summed E-state index contributed by atoms with van der Waals surface area (Å²) in [4.78, 5) is 79.4. The van der Waals surface area contributed by atoms with Crippen LogP contribution in [-0.2, 0) is 22.6 Å². The average Bonchev–Trinajstić information content (AvgIpc) is 3.76. The summed E-state index contributed by atoms with van der Waals surface area (Å²) in [6.45, 7) is 5.99. The number of fused-ring (bicyclic) bond motifs is 6. The highest BCUT2D eigenvalue weighted by atomic mass is 35.5. The molecule has 63 heavy (non-hydrogen) atoms. The Hall–Kier alpha value is -6.25. The molecule has 2 aromatic carbocycles. The maximum atomic E-state index is 14.2. The van der Waals surface area contributed by atoms with Crippen LogP contribution in [0.1, 0.15) is 97.2 Å². The lowest BCUT2D eigenvalue weighted by atomic mass is 9.96. The number of hydrogen-bond acceptors (Lipinski definition) is 10. The number of benzene rings is 2. The molecule has 6 heterocycles. The number of hydrogen-bond donors (Lipinski definition) is 4. The van der Waals surface area contributed by atoms with Crippen molar-refractivity contribution >= 4 is 35.2 Å². The van der Waals surface area contributed by atoms with E-state index in [1.807, 2.05) is 0 Å². The third-order valence-electron chi connectivity index (χ3n) is 11.7. The minimum absolute atomic E-state index is 0.0535. The highest BCUT2D eigenvalue weighted by Gasteiger charge is 2.45. The average molecular weight is 901 g/mol. The number of amides is 4. The van der Waals surface area contributed by atoms with Crippen LogP contribution in [0.15, 0.2) is 46.2 Å². The van der Waals surface area contributed by atoms with Crippen molar-refractivity contribution in [1.82, 2.24) is 29.6 Å². The molecule has 0 radical (unpaired) electrons. The molecule has 21 heteroatoms. The van der Waals surface area contributed by atoms with Crippen LogP contribution >= 0.6 is 11.6 Å². The lowest BCUT2D eigenvalue weighted by Crippen LogP contribution is -2.55. The Morgan fingerprint density at radius 3 is 1.81 bits per heavy atom. The summed E-state index contributed by atoms with van der Waals surface area (Å²) in [7, 11) is 0. The van der Waals surface area contributed by atoms with Crippen LogP contribution in [0.25, 0.3) is 0 Å². The van der Waals surface area contributed by atoms with E-state index in [1.165, 1.54) is 39.4 Å². The summed E-state index contributed by atoms with van der Waals surface area (Å²) >= 11 is 5.53. The minimum Gasteiger partial charge on any atom is -0.503 e. The number of ether oxygens (including phenoxy) is 2. The predicted octanol–water partition coefficient (Wildman–Crippen LogP) is 4.05. The number of aromatic hydroxyl groups is 2. The summed E-state index contributed by atoms with van der Waals surface area (Å²) in [6.07, 6.45) is 2.96. The quantitative estimate of drug-likeness (QED) is 0.148. The lowest BCUT2D eigenvalue weighted by molar-refractivity contribution is -0.0329. The van der Waals surface area contributed by atoms with Gasteiger partial charge in [0.15, 0.2) is 29.1 Å². The van der Waals surface area contributed by atoms with E-state index in [4.69, 9.17) is 21.1 Å². The molecule has 0 saturated carbocycles. The molecule has 4 aliphatic heterocycles. The monoisotopic (exact) mass is 900 g/mol. The molecule has 4 amide bonds. The molecule has 2 fully saturated rings. The Balaban J connectivity index is 0.000000189. The Bertz CT molecular complexity index is 2680. The van der Waals surface area contributed by atoms with Crippen molar-refractivity contribution in [2.75, 3.05) is 32.9 Å². The molecular weight excluding hydrogens is 860 g/mol. The zero-order chi connectivity index (χ0) is 45.6. The SMILES string of the molecule is CCN1C(=O)c2c(O)c(=O)c(C(=O)NCc3ccc(F)c(C)c3F)cn2[C@H]2CCOC[C@H]21.CCN1C(=O)c2c(O)c(=O)c(C(=O)NCc3ccc(F)c(Cl)c3F)cn2[C@H]2CCO[C@H]21. The highest BCUT2D eigenvalue weighted by Crippen LogP contribution is 2.38. The smallest absolute Gasteiger partial charge is 0.276 e. The van der Waals surface area contributed by atoms with Gasteiger partial charge in [0.25, 0.3) is 23.6 Å². The lowest BCUT2D eigenvalue weighted by Gasteiger charge is -2.45. The zero-order valence-electron chi connectivity index (χ0n) is 34.0. The van der Waals surface area contributed by atoms with Crippen LogP contribution < -0.4 is 21.5 Å². The van der Waals surface area contributed by atoms with Crippen molar-refractivity contribution in [3.63, 3.8) is 0 Å². The number of carbonyl (C=O) groups excluding carboxylic acids is 4. The molecule has 4 N–H and O–H groups in total. The predicted molar refractivity (Wildman–Crippen MR) is 215 cm³/mol. The number of aromatic nitrogens is 2. The van der Waals surface area contributed by atoms with Gasteiger partial charge in [-0.2, -0.15) is 0 Å². The van der Waals surface area contributed by atoms with Gasteiger partial charge in [0.05, 0.1) is 31.3 Å². The maximum absolute atomic E-state index is 14.2. The number of rotatable bonds is 8. The molecule has 4 aliphatic rings. The van der Waals surface area contributed by atoms with E-state index in [2.05, 4.69) is 10.6 Å². The van der Waals surface area contributed by atoms with Crippen molar-refractivity contribution < 1.29 is 56.4 Å². The van der Waals surface area contributed by atoms with Crippen molar-refractivity contribution in [3.8, 4) is 11.5 Å². The number of halogens is 5. The van der Waals surface area contributed by atoms with Crippen molar-refractivity contribution in [2.24, 2.45) is 0 Å². The van der Waals surface area contributed by atoms with Gasteiger partial charge in [-0.05, 0) is 45.7 Å². The van der Waals surface area contributed by atoms with Gasteiger partial charge in [-0.3, -0.25) is 28.8 Å². The summed E-state index contributed by atoms with van der Waals surface area (Å²) in [5.74, 6) is -7.90. The van der Waals surface area contributed by atoms with E-state index < -0.39 is 86.1 Å². The standard InChI is InChI=1S/C22H23F2N3O5.C20H18ClF2N3O5/c1-3-26-16-10-32-7-6-15(16)27-9-13(19(28)20(29)18(27)22(26)31)21(30)25-8-12-4-5-14(23)11(2)17(12)24;1-2-25-19(30)15-17(28)16(27)10(8-26(15)12-5-6-31-20(12)25)18(29)24-7-9-3-4-11(22)13(21)14(9)23/h4-5,9,15-16,29H,3,6-8,10H2,1-2H3,(H,25,30);3-4,8,12,20,28H,2,5-7H2,1H3,(H,24,29)/t15-,16+;12-,20+/m00/s1. The summed E-state index contributed by atoms with van der Waals surface area (Å²) < 4.78 is 69.1. The maximum Gasteiger partial charge on any atom is 0.276 e. The molecule has 334 valence electrons. The number of pyridine rings is 2. The van der Waals surface area contributed by atoms with Gasteiger partial charge in [0.2, 0.25) is 10.9 Å². The second-order valence-corrected chi connectivity index (χ2v) is 15.5. The van der Waals surface area contributed by atoms with E-state index in [0.29, 0.717) is 45.8 Å². The number of carbonyl (C=O) groups is 4. The van der Waals surface area contributed by atoms with Gasteiger partial charge < -0.3 is 49.3 Å². The van der Waals surface area contributed by atoms with Crippen molar-refractivity contribution in [2.45, 2.75) is 71.1 Å². The van der Waals surface area contributed by atoms with E-state index in [9.17, 15) is 56.5 Å². The topological polar surface area (TPSA) is 202 Å².